The number of carbonyl (C=O) groups excluding carboxylic acids is 2. The Balaban J connectivity index is 1.84. The predicted octanol–water partition coefficient (Wildman–Crippen LogP) is 3.11. The minimum Gasteiger partial charge on any atom is -0.368 e. The van der Waals surface area contributed by atoms with Crippen LogP contribution in [-0.2, 0) is 11.3 Å². The Morgan fingerprint density at radius 2 is 1.45 bits per heavy atom. The predicted molar refractivity (Wildman–Crippen MR) is 114 cm³/mol. The summed E-state index contributed by atoms with van der Waals surface area (Å²) in [5.41, 5.74) is 9.30. The van der Waals surface area contributed by atoms with Gasteiger partial charge in [-0.1, -0.05) is 78.4 Å². The number of carbonyl (C=O) groups is 2. The first kappa shape index (κ1) is 20.3. The van der Waals surface area contributed by atoms with Gasteiger partial charge in [0.05, 0.1) is 6.04 Å². The Labute approximate surface area is 170 Å². The summed E-state index contributed by atoms with van der Waals surface area (Å²) in [6.45, 7) is 2.57. The molecular weight excluding hydrogens is 362 g/mol. The molecule has 4 N–H and O–H groups in total. The van der Waals surface area contributed by atoms with E-state index in [4.69, 9.17) is 5.73 Å². The molecule has 0 fully saturated rings. The normalized spacial score (nSPS) is 12.7. The van der Waals surface area contributed by atoms with E-state index in [0.717, 1.165) is 11.1 Å². The summed E-state index contributed by atoms with van der Waals surface area (Å²) in [6.07, 6.45) is 0. The van der Waals surface area contributed by atoms with Gasteiger partial charge in [0.1, 0.15) is 6.04 Å². The Kier molecular flexibility index (Phi) is 6.76. The summed E-state index contributed by atoms with van der Waals surface area (Å²) in [5, 5.41) is 6.20. The molecule has 148 valence electrons. The van der Waals surface area contributed by atoms with Gasteiger partial charge in [0, 0.05) is 12.1 Å². The van der Waals surface area contributed by atoms with Gasteiger partial charge >= 0.3 is 0 Å². The van der Waals surface area contributed by atoms with E-state index in [1.54, 1.807) is 24.3 Å². The lowest BCUT2D eigenvalue weighted by Crippen LogP contribution is -2.51. The summed E-state index contributed by atoms with van der Waals surface area (Å²) < 4.78 is 0. The number of nitrogens with one attached hydrogen (secondary N) is 2. The van der Waals surface area contributed by atoms with E-state index < -0.39 is 18.0 Å². The van der Waals surface area contributed by atoms with E-state index in [-0.39, 0.29) is 5.91 Å². The summed E-state index contributed by atoms with van der Waals surface area (Å²) in [7, 11) is 0. The molecule has 0 saturated carbocycles. The van der Waals surface area contributed by atoms with E-state index in [2.05, 4.69) is 10.6 Å². The average Bonchev–Trinajstić information content (AvgIpc) is 2.75. The van der Waals surface area contributed by atoms with Crippen molar-refractivity contribution >= 4 is 11.8 Å². The van der Waals surface area contributed by atoms with Crippen molar-refractivity contribution in [2.24, 2.45) is 5.73 Å². The van der Waals surface area contributed by atoms with Gasteiger partial charge in [-0.15, -0.1) is 0 Å². The zero-order chi connectivity index (χ0) is 20.6. The van der Waals surface area contributed by atoms with Crippen molar-refractivity contribution in [2.45, 2.75) is 25.6 Å². The monoisotopic (exact) mass is 387 g/mol. The molecule has 3 aromatic rings. The molecule has 0 unspecified atom stereocenters. The van der Waals surface area contributed by atoms with Crippen LogP contribution < -0.4 is 16.4 Å². The molecule has 0 spiro atoms. The summed E-state index contributed by atoms with van der Waals surface area (Å²) in [6, 6.07) is 25.1. The van der Waals surface area contributed by atoms with Crippen LogP contribution in [0.1, 0.15) is 33.1 Å². The third-order valence-electron chi connectivity index (χ3n) is 4.77. The van der Waals surface area contributed by atoms with Gasteiger partial charge in [0.25, 0.3) is 5.91 Å². The molecule has 2 amide bonds. The van der Waals surface area contributed by atoms with E-state index in [0.29, 0.717) is 12.1 Å². The number of nitrogens with two attached hydrogens (primary N) is 1. The van der Waals surface area contributed by atoms with Gasteiger partial charge < -0.3 is 16.4 Å². The maximum Gasteiger partial charge on any atom is 0.251 e. The zero-order valence-electron chi connectivity index (χ0n) is 16.3. The minimum atomic E-state index is -0.907. The number of primary amides is 1. The van der Waals surface area contributed by atoms with Crippen LogP contribution in [0.15, 0.2) is 84.9 Å². The second-order valence-electron chi connectivity index (χ2n) is 6.97. The molecule has 0 saturated heterocycles. The third-order valence-corrected chi connectivity index (χ3v) is 4.77. The van der Waals surface area contributed by atoms with Gasteiger partial charge in [-0.05, 0) is 30.2 Å². The molecule has 0 radical (unpaired) electrons. The van der Waals surface area contributed by atoms with Crippen molar-refractivity contribution in [1.82, 2.24) is 10.6 Å². The maximum absolute atomic E-state index is 12.7. The number of hydrogen-bond donors (Lipinski definition) is 3. The highest BCUT2D eigenvalue weighted by Gasteiger charge is 2.29. The molecule has 0 heterocycles. The topological polar surface area (TPSA) is 84.2 Å². The highest BCUT2D eigenvalue weighted by atomic mass is 16.2. The van der Waals surface area contributed by atoms with Crippen LogP contribution in [0.25, 0.3) is 0 Å². The third kappa shape index (κ3) is 5.53. The van der Waals surface area contributed by atoms with E-state index in [1.807, 2.05) is 67.6 Å². The first-order valence-electron chi connectivity index (χ1n) is 9.53. The second-order valence-corrected chi connectivity index (χ2v) is 6.97. The number of aryl methyl sites for hydroxylation is 1. The first-order valence-corrected chi connectivity index (χ1v) is 9.53. The molecule has 0 aliphatic heterocycles. The molecule has 3 aromatic carbocycles. The van der Waals surface area contributed by atoms with Gasteiger partial charge in [-0.25, -0.2) is 0 Å². The summed E-state index contributed by atoms with van der Waals surface area (Å²) >= 11 is 0. The van der Waals surface area contributed by atoms with Crippen LogP contribution >= 0.6 is 0 Å². The number of hydrogen-bond acceptors (Lipinski definition) is 3. The van der Waals surface area contributed by atoms with Crippen molar-refractivity contribution in [3.8, 4) is 0 Å². The number of benzene rings is 3. The SMILES string of the molecule is Cc1ccc(CN[C@@H](c2ccccc2)[C@H](NC(=O)c2ccccc2)C(N)=O)cc1. The van der Waals surface area contributed by atoms with Gasteiger partial charge in [-0.3, -0.25) is 9.59 Å². The second kappa shape index (κ2) is 9.66. The van der Waals surface area contributed by atoms with E-state index in [1.165, 1.54) is 5.56 Å². The van der Waals surface area contributed by atoms with Crippen LogP contribution in [0, 0.1) is 6.92 Å². The lowest BCUT2D eigenvalue weighted by Gasteiger charge is -2.27. The van der Waals surface area contributed by atoms with Crippen molar-refractivity contribution in [3.63, 3.8) is 0 Å². The Morgan fingerprint density at radius 3 is 2.03 bits per heavy atom. The van der Waals surface area contributed by atoms with Crippen molar-refractivity contribution in [3.05, 3.63) is 107 Å². The molecule has 0 aliphatic rings. The van der Waals surface area contributed by atoms with Crippen molar-refractivity contribution in [2.75, 3.05) is 0 Å². The standard InChI is InChI=1S/C24H25N3O2/c1-17-12-14-18(15-13-17)16-26-21(19-8-4-2-5-9-19)22(23(25)28)27-24(29)20-10-6-3-7-11-20/h2-15,21-22,26H,16H2,1H3,(H2,25,28)(H,27,29)/t21-,22-/m0/s1. The molecule has 2 atom stereocenters. The lowest BCUT2D eigenvalue weighted by molar-refractivity contribution is -0.120. The molecule has 5 nitrogen and oxygen atoms in total. The molecule has 0 aliphatic carbocycles. The lowest BCUT2D eigenvalue weighted by atomic mass is 9.97. The van der Waals surface area contributed by atoms with Crippen LogP contribution in [0.3, 0.4) is 0 Å². The van der Waals surface area contributed by atoms with Crippen molar-refractivity contribution in [1.29, 1.82) is 0 Å². The molecule has 29 heavy (non-hydrogen) atoms. The zero-order valence-corrected chi connectivity index (χ0v) is 16.3. The fraction of sp³-hybridized carbons (Fsp3) is 0.167. The quantitative estimate of drug-likeness (QED) is 0.555. The fourth-order valence-electron chi connectivity index (χ4n) is 3.16. The van der Waals surface area contributed by atoms with Gasteiger partial charge in [-0.2, -0.15) is 0 Å². The summed E-state index contributed by atoms with van der Waals surface area (Å²) in [4.78, 5) is 25.0. The average molecular weight is 387 g/mol. The van der Waals surface area contributed by atoms with Crippen LogP contribution in [0.2, 0.25) is 0 Å². The summed E-state index contributed by atoms with van der Waals surface area (Å²) in [5.74, 6) is -0.938. The molecule has 3 rings (SSSR count). The van der Waals surface area contributed by atoms with Crippen LogP contribution in [0.5, 0.6) is 0 Å². The van der Waals surface area contributed by atoms with Crippen LogP contribution in [-0.4, -0.2) is 17.9 Å². The Morgan fingerprint density at radius 1 is 0.862 bits per heavy atom. The Hall–Kier alpha value is -3.44. The Bertz CT molecular complexity index is 941. The first-order chi connectivity index (χ1) is 14.0. The molecular formula is C24H25N3O2. The van der Waals surface area contributed by atoms with Gasteiger partial charge in [0.2, 0.25) is 5.91 Å². The highest BCUT2D eigenvalue weighted by Crippen LogP contribution is 2.19. The van der Waals surface area contributed by atoms with E-state index >= 15 is 0 Å². The highest BCUT2D eigenvalue weighted by molar-refractivity contribution is 5.97. The maximum atomic E-state index is 12.7. The molecule has 0 bridgehead atoms. The minimum absolute atomic E-state index is 0.340. The fourth-order valence-corrected chi connectivity index (χ4v) is 3.16. The number of rotatable bonds is 8. The smallest absolute Gasteiger partial charge is 0.251 e. The molecule has 5 heteroatoms. The number of amides is 2. The molecule has 0 aromatic heterocycles. The van der Waals surface area contributed by atoms with Crippen LogP contribution in [0.4, 0.5) is 0 Å². The van der Waals surface area contributed by atoms with E-state index in [9.17, 15) is 9.59 Å². The van der Waals surface area contributed by atoms with Gasteiger partial charge in [0.15, 0.2) is 0 Å². The van der Waals surface area contributed by atoms with Crippen molar-refractivity contribution < 1.29 is 9.59 Å². The largest absolute Gasteiger partial charge is 0.368 e.